The van der Waals surface area contributed by atoms with Gasteiger partial charge in [-0.15, -0.1) is 0 Å². The highest BCUT2D eigenvalue weighted by Gasteiger charge is 2.11. The van der Waals surface area contributed by atoms with Gasteiger partial charge in [-0.1, -0.05) is 0 Å². The molecule has 0 aromatic carbocycles. The molecule has 4 N–H and O–H groups in total. The molecule has 0 aliphatic rings. The van der Waals surface area contributed by atoms with Gasteiger partial charge in [0, 0.05) is 11.8 Å². The average Bonchev–Trinajstić information content (AvgIpc) is 2.92. The summed E-state index contributed by atoms with van der Waals surface area (Å²) in [5.41, 5.74) is 0.393. The first-order valence-electron chi connectivity index (χ1n) is 6.56. The van der Waals surface area contributed by atoms with Gasteiger partial charge in [-0.05, 0) is 6.92 Å². The van der Waals surface area contributed by atoms with Crippen molar-refractivity contribution >= 4 is 0 Å². The molecular weight excluding hydrogens is 294 g/mol. The van der Waals surface area contributed by atoms with Gasteiger partial charge in [-0.25, -0.2) is 4.79 Å². The van der Waals surface area contributed by atoms with Crippen LogP contribution in [0.3, 0.4) is 0 Å². The lowest BCUT2D eigenvalue weighted by molar-refractivity contribution is -0.00103. The lowest BCUT2D eigenvalue weighted by Crippen LogP contribution is -2.31. The molecule has 2 heterocycles. The molecule has 1 unspecified atom stereocenters. The molecule has 0 fully saturated rings. The van der Waals surface area contributed by atoms with Crippen molar-refractivity contribution < 1.29 is 14.9 Å². The van der Waals surface area contributed by atoms with Crippen LogP contribution in [0.25, 0.3) is 0 Å². The summed E-state index contributed by atoms with van der Waals surface area (Å²) >= 11 is 0. The Morgan fingerprint density at radius 2 is 2.09 bits per heavy atom. The number of aromatic amines is 2. The van der Waals surface area contributed by atoms with Crippen LogP contribution >= 0.6 is 0 Å². The van der Waals surface area contributed by atoms with E-state index in [1.807, 2.05) is 0 Å². The molecular formula is C12H17N5O5. The first-order valence-corrected chi connectivity index (χ1v) is 6.56. The fraction of sp³-hybridized carbons (Fsp3) is 0.500. The first-order chi connectivity index (χ1) is 10.5. The molecule has 2 aromatic rings. The second-order valence-corrected chi connectivity index (χ2v) is 4.77. The number of ether oxygens (including phenoxy) is 1. The highest BCUT2D eigenvalue weighted by molar-refractivity contribution is 5.09. The highest BCUT2D eigenvalue weighted by atomic mass is 16.5. The number of nitrogens with zero attached hydrogens (tertiary/aromatic N) is 3. The van der Waals surface area contributed by atoms with E-state index in [4.69, 9.17) is 9.84 Å². The molecule has 22 heavy (non-hydrogen) atoms. The van der Waals surface area contributed by atoms with Crippen molar-refractivity contribution in [1.82, 2.24) is 25.0 Å². The normalized spacial score (nSPS) is 12.5. The van der Waals surface area contributed by atoms with Gasteiger partial charge >= 0.3 is 5.69 Å². The molecule has 2 aromatic heterocycles. The van der Waals surface area contributed by atoms with E-state index in [1.165, 1.54) is 10.8 Å². The summed E-state index contributed by atoms with van der Waals surface area (Å²) in [6.07, 6.45) is 0.482. The van der Waals surface area contributed by atoms with Crippen LogP contribution < -0.4 is 11.2 Å². The Hall–Kier alpha value is -2.30. The van der Waals surface area contributed by atoms with E-state index >= 15 is 0 Å². The number of aliphatic hydroxyl groups is 2. The number of H-pyrrole nitrogens is 2. The largest absolute Gasteiger partial charge is 0.394 e. The minimum Gasteiger partial charge on any atom is -0.394 e. The Morgan fingerprint density at radius 1 is 1.36 bits per heavy atom. The van der Waals surface area contributed by atoms with Crippen LogP contribution in [0.5, 0.6) is 0 Å². The lowest BCUT2D eigenvalue weighted by atomic mass is 10.3. The predicted molar refractivity (Wildman–Crippen MR) is 74.3 cm³/mol. The maximum Gasteiger partial charge on any atom is 0.328 e. The van der Waals surface area contributed by atoms with Crippen LogP contribution in [-0.2, 0) is 17.9 Å². The van der Waals surface area contributed by atoms with E-state index in [9.17, 15) is 14.7 Å². The molecule has 1 atom stereocenters. The molecule has 0 amide bonds. The molecule has 10 nitrogen and oxygen atoms in total. The van der Waals surface area contributed by atoms with E-state index < -0.39 is 24.0 Å². The molecule has 0 spiro atoms. The van der Waals surface area contributed by atoms with Gasteiger partial charge in [0.1, 0.15) is 17.5 Å². The Balaban J connectivity index is 2.08. The van der Waals surface area contributed by atoms with Gasteiger partial charge in [0.25, 0.3) is 5.56 Å². The van der Waals surface area contributed by atoms with Gasteiger partial charge in [-0.2, -0.15) is 15.4 Å². The second kappa shape index (κ2) is 7.11. The average molecular weight is 311 g/mol. The topological polar surface area (TPSA) is 146 Å². The van der Waals surface area contributed by atoms with Gasteiger partial charge in [0.15, 0.2) is 0 Å². The summed E-state index contributed by atoms with van der Waals surface area (Å²) < 4.78 is 6.51. The maximum absolute atomic E-state index is 11.7. The minimum atomic E-state index is -0.959. The van der Waals surface area contributed by atoms with E-state index in [0.717, 1.165) is 0 Å². The summed E-state index contributed by atoms with van der Waals surface area (Å²) in [6.45, 7) is 1.35. The molecule has 10 heteroatoms. The molecule has 0 bridgehead atoms. The smallest absolute Gasteiger partial charge is 0.328 e. The zero-order chi connectivity index (χ0) is 16.1. The van der Waals surface area contributed by atoms with Crippen molar-refractivity contribution in [2.45, 2.75) is 26.2 Å². The summed E-state index contributed by atoms with van der Waals surface area (Å²) in [5, 5.41) is 28.2. The van der Waals surface area contributed by atoms with Gasteiger partial charge < -0.3 is 14.9 Å². The van der Waals surface area contributed by atoms with Crippen LogP contribution in [-0.4, -0.2) is 54.5 Å². The first kappa shape index (κ1) is 16.1. The Bertz CT molecular complexity index is 734. The highest BCUT2D eigenvalue weighted by Crippen LogP contribution is 2.05. The second-order valence-electron chi connectivity index (χ2n) is 4.77. The summed E-state index contributed by atoms with van der Waals surface area (Å²) in [6, 6.07) is 0. The van der Waals surface area contributed by atoms with Gasteiger partial charge in [0.05, 0.1) is 26.4 Å². The Morgan fingerprint density at radius 3 is 2.82 bits per heavy atom. The monoisotopic (exact) mass is 311 g/mol. The van der Waals surface area contributed by atoms with Crippen LogP contribution in [0.1, 0.15) is 17.0 Å². The minimum absolute atomic E-state index is 0.0412. The number of hydrogen-bond acceptors (Lipinski definition) is 7. The van der Waals surface area contributed by atoms with Crippen molar-refractivity contribution in [1.29, 1.82) is 0 Å². The molecule has 0 saturated carbocycles. The summed E-state index contributed by atoms with van der Waals surface area (Å²) in [5.74, 6) is 0. The van der Waals surface area contributed by atoms with Crippen LogP contribution in [0.2, 0.25) is 0 Å². The molecule has 0 aliphatic heterocycles. The Kier molecular flexibility index (Phi) is 5.20. The van der Waals surface area contributed by atoms with Gasteiger partial charge in [0.2, 0.25) is 0 Å². The quantitative estimate of drug-likeness (QED) is 0.457. The number of aliphatic hydroxyl groups excluding tert-OH is 2. The number of hydrogen-bond donors (Lipinski definition) is 4. The van der Waals surface area contributed by atoms with Crippen molar-refractivity contribution in [3.8, 4) is 0 Å². The third kappa shape index (κ3) is 3.87. The van der Waals surface area contributed by atoms with Crippen LogP contribution in [0.15, 0.2) is 15.8 Å². The van der Waals surface area contributed by atoms with E-state index in [2.05, 4.69) is 20.4 Å². The van der Waals surface area contributed by atoms with Crippen molar-refractivity contribution in [2.24, 2.45) is 0 Å². The number of nitrogens with one attached hydrogen (secondary N) is 2. The van der Waals surface area contributed by atoms with Gasteiger partial charge in [-0.3, -0.25) is 14.3 Å². The van der Waals surface area contributed by atoms with E-state index in [0.29, 0.717) is 17.0 Å². The fourth-order valence-corrected chi connectivity index (χ4v) is 1.76. The van der Waals surface area contributed by atoms with Crippen LogP contribution in [0.4, 0.5) is 0 Å². The lowest BCUT2D eigenvalue weighted by Gasteiger charge is -2.08. The van der Waals surface area contributed by atoms with Crippen molar-refractivity contribution in [2.75, 3.05) is 13.2 Å². The standard InChI is InChI=1S/C12H17N5O5/c1-7-2-17(12(21)13-11(7)20)3-9-10(15-16-14-9)6-22-5-8(19)4-18/h2,8,18-19H,3-6H2,1H3,(H,13,20,21)(H,14,15,16). The summed E-state index contributed by atoms with van der Waals surface area (Å²) in [4.78, 5) is 25.3. The van der Waals surface area contributed by atoms with E-state index in [1.54, 1.807) is 6.92 Å². The summed E-state index contributed by atoms with van der Waals surface area (Å²) in [7, 11) is 0. The van der Waals surface area contributed by atoms with Crippen molar-refractivity contribution in [3.05, 3.63) is 44.0 Å². The Labute approximate surface area is 124 Å². The third-order valence-corrected chi connectivity index (χ3v) is 2.97. The molecule has 2 rings (SSSR count). The molecule has 0 saturated heterocycles. The maximum atomic E-state index is 11.7. The number of rotatable bonds is 7. The van der Waals surface area contributed by atoms with Crippen molar-refractivity contribution in [3.63, 3.8) is 0 Å². The number of aromatic nitrogens is 5. The predicted octanol–water partition coefficient (Wildman–Crippen LogP) is -2.12. The fourth-order valence-electron chi connectivity index (χ4n) is 1.76. The zero-order valence-corrected chi connectivity index (χ0v) is 11.9. The third-order valence-electron chi connectivity index (χ3n) is 2.97. The molecule has 0 radical (unpaired) electrons. The van der Waals surface area contributed by atoms with E-state index in [-0.39, 0.29) is 19.8 Å². The molecule has 120 valence electrons. The molecule has 0 aliphatic carbocycles. The zero-order valence-electron chi connectivity index (χ0n) is 11.9. The number of aryl methyl sites for hydroxylation is 1. The van der Waals surface area contributed by atoms with Crippen LogP contribution in [0, 0.1) is 6.92 Å². The SMILES string of the molecule is Cc1cn(Cc2n[nH]nc2COCC(O)CO)c(=O)[nH]c1=O.